The van der Waals surface area contributed by atoms with Crippen LogP contribution in [0.5, 0.6) is 0 Å². The minimum atomic E-state index is -4.24. The first-order chi connectivity index (χ1) is 8.50. The van der Waals surface area contributed by atoms with E-state index in [0.717, 1.165) is 18.4 Å². The van der Waals surface area contributed by atoms with Crippen LogP contribution in [0.25, 0.3) is 0 Å². The standard InChI is InChI=1S/C14H18F3N/c1-18-13-4-2-3-11(13)9-10-5-7-12(8-6-10)14(15,16)17/h5-8,11,13,18H,2-4,9H2,1H3. The number of hydrogen-bond donors (Lipinski definition) is 1. The van der Waals surface area contributed by atoms with Gasteiger partial charge in [-0.2, -0.15) is 13.2 Å². The highest BCUT2D eigenvalue weighted by molar-refractivity contribution is 5.25. The maximum Gasteiger partial charge on any atom is 0.416 e. The van der Waals surface area contributed by atoms with Gasteiger partial charge in [-0.25, -0.2) is 0 Å². The van der Waals surface area contributed by atoms with Gasteiger partial charge in [0.05, 0.1) is 5.56 Å². The monoisotopic (exact) mass is 257 g/mol. The molecule has 4 heteroatoms. The Morgan fingerprint density at radius 1 is 1.17 bits per heavy atom. The molecule has 0 aliphatic heterocycles. The summed E-state index contributed by atoms with van der Waals surface area (Å²) in [6.45, 7) is 0. The lowest BCUT2D eigenvalue weighted by molar-refractivity contribution is -0.137. The molecule has 1 fully saturated rings. The molecular weight excluding hydrogens is 239 g/mol. The van der Waals surface area contributed by atoms with Crippen molar-refractivity contribution in [3.05, 3.63) is 35.4 Å². The van der Waals surface area contributed by atoms with E-state index in [2.05, 4.69) is 5.32 Å². The summed E-state index contributed by atoms with van der Waals surface area (Å²) in [4.78, 5) is 0. The number of alkyl halides is 3. The van der Waals surface area contributed by atoms with Gasteiger partial charge in [0, 0.05) is 6.04 Å². The molecule has 1 aliphatic carbocycles. The van der Waals surface area contributed by atoms with Crippen molar-refractivity contribution in [2.24, 2.45) is 5.92 Å². The number of hydrogen-bond acceptors (Lipinski definition) is 1. The van der Waals surface area contributed by atoms with E-state index in [0.29, 0.717) is 12.0 Å². The van der Waals surface area contributed by atoms with E-state index < -0.39 is 11.7 Å². The minimum Gasteiger partial charge on any atom is -0.317 e. The Hall–Kier alpha value is -1.03. The van der Waals surface area contributed by atoms with Crippen LogP contribution < -0.4 is 5.32 Å². The molecule has 2 rings (SSSR count). The van der Waals surface area contributed by atoms with Gasteiger partial charge in [0.25, 0.3) is 0 Å². The first-order valence-corrected chi connectivity index (χ1v) is 6.34. The highest BCUT2D eigenvalue weighted by Gasteiger charge is 2.30. The lowest BCUT2D eigenvalue weighted by Crippen LogP contribution is -2.30. The predicted octanol–water partition coefficient (Wildman–Crippen LogP) is 3.64. The number of rotatable bonds is 3. The molecule has 0 bridgehead atoms. The summed E-state index contributed by atoms with van der Waals surface area (Å²) >= 11 is 0. The van der Waals surface area contributed by atoms with Gasteiger partial charge in [-0.1, -0.05) is 18.6 Å². The van der Waals surface area contributed by atoms with E-state index in [1.165, 1.54) is 25.0 Å². The van der Waals surface area contributed by atoms with Crippen molar-refractivity contribution in [3.8, 4) is 0 Å². The second kappa shape index (κ2) is 5.31. The van der Waals surface area contributed by atoms with E-state index in [4.69, 9.17) is 0 Å². The van der Waals surface area contributed by atoms with Gasteiger partial charge in [-0.3, -0.25) is 0 Å². The SMILES string of the molecule is CNC1CCCC1Cc1ccc(C(F)(F)F)cc1. The Balaban J connectivity index is 2.02. The molecule has 100 valence electrons. The van der Waals surface area contributed by atoms with Crippen LogP contribution in [0, 0.1) is 5.92 Å². The Morgan fingerprint density at radius 2 is 1.83 bits per heavy atom. The van der Waals surface area contributed by atoms with Gasteiger partial charge in [-0.15, -0.1) is 0 Å². The van der Waals surface area contributed by atoms with Crippen molar-refractivity contribution >= 4 is 0 Å². The lowest BCUT2D eigenvalue weighted by atomic mass is 9.94. The van der Waals surface area contributed by atoms with Crippen LogP contribution >= 0.6 is 0 Å². The van der Waals surface area contributed by atoms with Gasteiger partial charge in [-0.05, 0) is 49.9 Å². The van der Waals surface area contributed by atoms with Crippen molar-refractivity contribution in [1.82, 2.24) is 5.32 Å². The molecule has 0 amide bonds. The van der Waals surface area contributed by atoms with E-state index in [-0.39, 0.29) is 0 Å². The average molecular weight is 257 g/mol. The maximum absolute atomic E-state index is 12.4. The number of benzene rings is 1. The zero-order valence-electron chi connectivity index (χ0n) is 10.4. The molecule has 1 aliphatic rings. The summed E-state index contributed by atoms with van der Waals surface area (Å²) in [5.41, 5.74) is 0.429. The molecule has 18 heavy (non-hydrogen) atoms. The van der Waals surface area contributed by atoms with E-state index in [9.17, 15) is 13.2 Å². The predicted molar refractivity (Wildman–Crippen MR) is 65.3 cm³/mol. The van der Waals surface area contributed by atoms with Crippen molar-refractivity contribution in [2.45, 2.75) is 37.9 Å². The van der Waals surface area contributed by atoms with Crippen LogP contribution in [0.1, 0.15) is 30.4 Å². The summed E-state index contributed by atoms with van der Waals surface area (Å²) in [6.07, 6.45) is 0.161. The zero-order chi connectivity index (χ0) is 13.2. The van der Waals surface area contributed by atoms with Crippen molar-refractivity contribution in [3.63, 3.8) is 0 Å². The van der Waals surface area contributed by atoms with Gasteiger partial charge >= 0.3 is 6.18 Å². The highest BCUT2D eigenvalue weighted by Crippen LogP contribution is 2.31. The van der Waals surface area contributed by atoms with Crippen LogP contribution in [0.15, 0.2) is 24.3 Å². The van der Waals surface area contributed by atoms with Crippen LogP contribution in [0.3, 0.4) is 0 Å². The molecule has 1 nitrogen and oxygen atoms in total. The Bertz CT molecular complexity index is 383. The van der Waals surface area contributed by atoms with Gasteiger partial charge < -0.3 is 5.32 Å². The molecule has 1 aromatic rings. The molecule has 1 aromatic carbocycles. The fraction of sp³-hybridized carbons (Fsp3) is 0.571. The molecule has 1 N–H and O–H groups in total. The van der Waals surface area contributed by atoms with Gasteiger partial charge in [0.1, 0.15) is 0 Å². The van der Waals surface area contributed by atoms with E-state index in [1.807, 2.05) is 7.05 Å². The number of halogens is 3. The van der Waals surface area contributed by atoms with Crippen molar-refractivity contribution in [2.75, 3.05) is 7.05 Å². The van der Waals surface area contributed by atoms with Crippen LogP contribution in [-0.2, 0) is 12.6 Å². The molecule has 0 aromatic heterocycles. The van der Waals surface area contributed by atoms with E-state index >= 15 is 0 Å². The molecule has 2 unspecified atom stereocenters. The Kier molecular flexibility index (Phi) is 3.95. The average Bonchev–Trinajstić information content (AvgIpc) is 2.76. The normalized spacial score (nSPS) is 24.4. The minimum absolute atomic E-state index is 0.507. The second-order valence-electron chi connectivity index (χ2n) is 4.98. The molecule has 2 atom stereocenters. The van der Waals surface area contributed by atoms with E-state index in [1.54, 1.807) is 12.1 Å². The summed E-state index contributed by atoms with van der Waals surface area (Å²) in [5.74, 6) is 0.548. The molecular formula is C14H18F3N. The van der Waals surface area contributed by atoms with Crippen LogP contribution in [0.2, 0.25) is 0 Å². The summed E-state index contributed by atoms with van der Waals surface area (Å²) < 4.78 is 37.3. The van der Waals surface area contributed by atoms with Gasteiger partial charge in [0.2, 0.25) is 0 Å². The Morgan fingerprint density at radius 3 is 2.39 bits per heavy atom. The molecule has 0 heterocycles. The maximum atomic E-state index is 12.4. The molecule has 0 radical (unpaired) electrons. The van der Waals surface area contributed by atoms with Crippen LogP contribution in [0.4, 0.5) is 13.2 Å². The first-order valence-electron chi connectivity index (χ1n) is 6.34. The zero-order valence-corrected chi connectivity index (χ0v) is 10.4. The largest absolute Gasteiger partial charge is 0.416 e. The lowest BCUT2D eigenvalue weighted by Gasteiger charge is -2.19. The fourth-order valence-corrected chi connectivity index (χ4v) is 2.79. The molecule has 1 saturated carbocycles. The first kappa shape index (κ1) is 13.4. The fourth-order valence-electron chi connectivity index (χ4n) is 2.79. The third-order valence-electron chi connectivity index (χ3n) is 3.81. The summed E-state index contributed by atoms with van der Waals surface area (Å²) in [7, 11) is 1.95. The topological polar surface area (TPSA) is 12.0 Å². The van der Waals surface area contributed by atoms with Crippen molar-refractivity contribution < 1.29 is 13.2 Å². The summed E-state index contributed by atoms with van der Waals surface area (Å²) in [6, 6.07) is 6.08. The highest BCUT2D eigenvalue weighted by atomic mass is 19.4. The third kappa shape index (κ3) is 3.05. The third-order valence-corrected chi connectivity index (χ3v) is 3.81. The smallest absolute Gasteiger partial charge is 0.317 e. The molecule has 0 spiro atoms. The quantitative estimate of drug-likeness (QED) is 0.871. The summed E-state index contributed by atoms with van der Waals surface area (Å²) in [5, 5.41) is 3.29. The van der Waals surface area contributed by atoms with Gasteiger partial charge in [0.15, 0.2) is 0 Å². The number of nitrogens with one attached hydrogen (secondary N) is 1. The van der Waals surface area contributed by atoms with Crippen molar-refractivity contribution in [1.29, 1.82) is 0 Å². The Labute approximate surface area is 105 Å². The molecule has 0 saturated heterocycles. The van der Waals surface area contributed by atoms with Crippen LogP contribution in [-0.4, -0.2) is 13.1 Å². The second-order valence-corrected chi connectivity index (χ2v) is 4.98.